The summed E-state index contributed by atoms with van der Waals surface area (Å²) in [4.78, 5) is 26.7. The lowest BCUT2D eigenvalue weighted by Gasteiger charge is -2.32. The Labute approximate surface area is 158 Å². The Balaban J connectivity index is 1.61. The highest BCUT2D eigenvalue weighted by Crippen LogP contribution is 2.21. The topological polar surface area (TPSA) is 58.6 Å². The first kappa shape index (κ1) is 18.9. The van der Waals surface area contributed by atoms with Crippen LogP contribution in [0.2, 0.25) is 0 Å². The number of halogens is 1. The third-order valence-electron chi connectivity index (χ3n) is 4.83. The standard InChI is InChI=1S/C21H23FN2O3/c1-27-19-11-5-2-7-15(19)13-23-20(25)16-8-6-12-24(14-16)21(26)17-9-3-4-10-18(17)22/h2-5,7,9-11,16H,6,8,12-14H2,1H3,(H,23,25). The maximum atomic E-state index is 13.9. The molecule has 1 unspecified atom stereocenters. The molecule has 0 bridgehead atoms. The Morgan fingerprint density at radius 1 is 1.19 bits per heavy atom. The fraction of sp³-hybridized carbons (Fsp3) is 0.333. The first-order valence-electron chi connectivity index (χ1n) is 9.03. The number of carbonyl (C=O) groups is 2. The third-order valence-corrected chi connectivity index (χ3v) is 4.83. The SMILES string of the molecule is COc1ccccc1CNC(=O)C1CCCN(C(=O)c2ccccc2F)C1. The van der Waals surface area contributed by atoms with Crippen molar-refractivity contribution >= 4 is 11.8 Å². The number of para-hydroxylation sites is 1. The summed E-state index contributed by atoms with van der Waals surface area (Å²) in [6.07, 6.45) is 1.42. The first-order valence-corrected chi connectivity index (χ1v) is 9.03. The predicted molar refractivity (Wildman–Crippen MR) is 99.9 cm³/mol. The van der Waals surface area contributed by atoms with E-state index in [9.17, 15) is 14.0 Å². The second-order valence-electron chi connectivity index (χ2n) is 6.60. The molecule has 142 valence electrons. The minimum atomic E-state index is -0.537. The largest absolute Gasteiger partial charge is 0.496 e. The summed E-state index contributed by atoms with van der Waals surface area (Å²) >= 11 is 0. The van der Waals surface area contributed by atoms with Gasteiger partial charge < -0.3 is 15.0 Å². The van der Waals surface area contributed by atoms with E-state index in [1.54, 1.807) is 24.1 Å². The van der Waals surface area contributed by atoms with Crippen molar-refractivity contribution in [3.05, 3.63) is 65.5 Å². The van der Waals surface area contributed by atoms with E-state index in [1.165, 1.54) is 12.1 Å². The molecule has 1 fully saturated rings. The maximum absolute atomic E-state index is 13.9. The van der Waals surface area contributed by atoms with Crippen LogP contribution in [-0.4, -0.2) is 36.9 Å². The highest BCUT2D eigenvalue weighted by atomic mass is 19.1. The van der Waals surface area contributed by atoms with Crippen LogP contribution >= 0.6 is 0 Å². The number of benzene rings is 2. The van der Waals surface area contributed by atoms with Gasteiger partial charge in [0.25, 0.3) is 5.91 Å². The zero-order valence-electron chi connectivity index (χ0n) is 15.3. The molecule has 1 atom stereocenters. The monoisotopic (exact) mass is 370 g/mol. The van der Waals surface area contributed by atoms with E-state index in [0.717, 1.165) is 11.3 Å². The summed E-state index contributed by atoms with van der Waals surface area (Å²) in [6.45, 7) is 1.19. The lowest BCUT2D eigenvalue weighted by Crippen LogP contribution is -2.45. The van der Waals surface area contributed by atoms with Gasteiger partial charge >= 0.3 is 0 Å². The molecule has 1 saturated heterocycles. The Bertz CT molecular complexity index is 825. The van der Waals surface area contributed by atoms with Gasteiger partial charge in [0.15, 0.2) is 0 Å². The zero-order valence-corrected chi connectivity index (χ0v) is 15.3. The number of hydrogen-bond donors (Lipinski definition) is 1. The van der Waals surface area contributed by atoms with Crippen molar-refractivity contribution in [2.24, 2.45) is 5.92 Å². The highest BCUT2D eigenvalue weighted by molar-refractivity contribution is 5.95. The fourth-order valence-electron chi connectivity index (χ4n) is 3.36. The van der Waals surface area contributed by atoms with Gasteiger partial charge in [-0.3, -0.25) is 9.59 Å². The molecule has 0 spiro atoms. The van der Waals surface area contributed by atoms with Gasteiger partial charge in [-0.1, -0.05) is 30.3 Å². The van der Waals surface area contributed by atoms with Crippen molar-refractivity contribution < 1.29 is 18.7 Å². The van der Waals surface area contributed by atoms with Gasteiger partial charge in [-0.25, -0.2) is 4.39 Å². The molecule has 5 nitrogen and oxygen atoms in total. The van der Waals surface area contributed by atoms with Crippen molar-refractivity contribution in [2.75, 3.05) is 20.2 Å². The van der Waals surface area contributed by atoms with Crippen LogP contribution in [0.15, 0.2) is 48.5 Å². The number of rotatable bonds is 5. The van der Waals surface area contributed by atoms with E-state index >= 15 is 0 Å². The molecule has 1 heterocycles. The molecule has 0 saturated carbocycles. The summed E-state index contributed by atoms with van der Waals surface area (Å²) in [5.74, 6) is -0.588. The van der Waals surface area contributed by atoms with Crippen LogP contribution in [0.5, 0.6) is 5.75 Å². The highest BCUT2D eigenvalue weighted by Gasteiger charge is 2.29. The quantitative estimate of drug-likeness (QED) is 0.880. The molecular formula is C21H23FN2O3. The average molecular weight is 370 g/mol. The van der Waals surface area contributed by atoms with Crippen molar-refractivity contribution in [2.45, 2.75) is 19.4 Å². The minimum absolute atomic E-state index is 0.0487. The molecule has 2 aromatic rings. The van der Waals surface area contributed by atoms with Gasteiger partial charge in [0.1, 0.15) is 11.6 Å². The van der Waals surface area contributed by atoms with Gasteiger partial charge in [-0.15, -0.1) is 0 Å². The molecule has 1 aliphatic rings. The number of carbonyl (C=O) groups excluding carboxylic acids is 2. The number of hydrogen-bond acceptors (Lipinski definition) is 3. The van der Waals surface area contributed by atoms with Crippen LogP contribution in [0, 0.1) is 11.7 Å². The molecule has 2 amide bonds. The van der Waals surface area contributed by atoms with Crippen LogP contribution in [0.4, 0.5) is 4.39 Å². The molecule has 2 aromatic carbocycles. The molecule has 3 rings (SSSR count). The molecule has 1 N–H and O–H groups in total. The van der Waals surface area contributed by atoms with Crippen molar-refractivity contribution in [1.29, 1.82) is 0 Å². The van der Waals surface area contributed by atoms with E-state index < -0.39 is 5.82 Å². The Kier molecular flexibility index (Phi) is 6.06. The van der Waals surface area contributed by atoms with Gasteiger partial charge in [0, 0.05) is 25.2 Å². The van der Waals surface area contributed by atoms with E-state index in [2.05, 4.69) is 5.32 Å². The summed E-state index contributed by atoms with van der Waals surface area (Å²) < 4.78 is 19.2. The summed E-state index contributed by atoms with van der Waals surface area (Å²) in [7, 11) is 1.59. The van der Waals surface area contributed by atoms with Crippen molar-refractivity contribution in [3.8, 4) is 5.75 Å². The first-order chi connectivity index (χ1) is 13.1. The second-order valence-corrected chi connectivity index (χ2v) is 6.60. The van der Waals surface area contributed by atoms with Gasteiger partial charge in [-0.05, 0) is 31.0 Å². The average Bonchev–Trinajstić information content (AvgIpc) is 2.72. The van der Waals surface area contributed by atoms with Gasteiger partial charge in [0.05, 0.1) is 18.6 Å². The molecule has 1 aliphatic heterocycles. The normalized spacial score (nSPS) is 16.7. The fourth-order valence-corrected chi connectivity index (χ4v) is 3.36. The minimum Gasteiger partial charge on any atom is -0.496 e. The Hall–Kier alpha value is -2.89. The van der Waals surface area contributed by atoms with Crippen LogP contribution in [0.1, 0.15) is 28.8 Å². The number of piperidine rings is 1. The Morgan fingerprint density at radius 2 is 1.93 bits per heavy atom. The van der Waals surface area contributed by atoms with E-state index in [4.69, 9.17) is 4.74 Å². The van der Waals surface area contributed by atoms with E-state index in [1.807, 2.05) is 24.3 Å². The molecule has 6 heteroatoms. The maximum Gasteiger partial charge on any atom is 0.256 e. The van der Waals surface area contributed by atoms with E-state index in [-0.39, 0.29) is 23.3 Å². The predicted octanol–water partition coefficient (Wildman–Crippen LogP) is 3.00. The summed E-state index contributed by atoms with van der Waals surface area (Å²) in [5.41, 5.74) is 0.941. The van der Waals surface area contributed by atoms with Crippen LogP contribution < -0.4 is 10.1 Å². The number of nitrogens with one attached hydrogen (secondary N) is 1. The lowest BCUT2D eigenvalue weighted by molar-refractivity contribution is -0.126. The Morgan fingerprint density at radius 3 is 2.70 bits per heavy atom. The molecule has 0 aliphatic carbocycles. The van der Waals surface area contributed by atoms with Crippen LogP contribution in [0.3, 0.4) is 0 Å². The number of amides is 2. The van der Waals surface area contributed by atoms with Gasteiger partial charge in [0.2, 0.25) is 5.91 Å². The zero-order chi connectivity index (χ0) is 19.2. The van der Waals surface area contributed by atoms with E-state index in [0.29, 0.717) is 32.5 Å². The number of likely N-dealkylation sites (tertiary alicyclic amines) is 1. The molecule has 0 aromatic heterocycles. The summed E-state index contributed by atoms with van der Waals surface area (Å²) in [6, 6.07) is 13.4. The third kappa shape index (κ3) is 4.45. The summed E-state index contributed by atoms with van der Waals surface area (Å²) in [5, 5.41) is 2.92. The van der Waals surface area contributed by atoms with Gasteiger partial charge in [-0.2, -0.15) is 0 Å². The van der Waals surface area contributed by atoms with Crippen LogP contribution in [-0.2, 0) is 11.3 Å². The number of methoxy groups -OCH3 is 1. The molecular weight excluding hydrogens is 347 g/mol. The number of ether oxygens (including phenoxy) is 1. The van der Waals surface area contributed by atoms with Crippen molar-refractivity contribution in [3.63, 3.8) is 0 Å². The lowest BCUT2D eigenvalue weighted by atomic mass is 9.96. The molecule has 27 heavy (non-hydrogen) atoms. The number of nitrogens with zero attached hydrogens (tertiary/aromatic N) is 1. The smallest absolute Gasteiger partial charge is 0.256 e. The second kappa shape index (κ2) is 8.66. The molecule has 0 radical (unpaired) electrons. The van der Waals surface area contributed by atoms with Crippen LogP contribution in [0.25, 0.3) is 0 Å². The van der Waals surface area contributed by atoms with Crippen molar-refractivity contribution in [1.82, 2.24) is 10.2 Å².